The van der Waals surface area contributed by atoms with E-state index in [0.717, 1.165) is 0 Å². The first kappa shape index (κ1) is 17.7. The summed E-state index contributed by atoms with van der Waals surface area (Å²) in [5, 5.41) is 14.9. The Hall–Kier alpha value is -3.62. The maximum absolute atomic E-state index is 12.0. The third-order valence-electron chi connectivity index (χ3n) is 3.30. The summed E-state index contributed by atoms with van der Waals surface area (Å²) in [4.78, 5) is 22.5. The van der Waals surface area contributed by atoms with Gasteiger partial charge in [0.25, 0.3) is 5.91 Å². The molecule has 3 N–H and O–H groups in total. The van der Waals surface area contributed by atoms with Crippen LogP contribution in [0.4, 0.5) is 11.4 Å². The van der Waals surface area contributed by atoms with Crippen molar-refractivity contribution in [3.63, 3.8) is 0 Å². The Morgan fingerprint density at radius 1 is 1.24 bits per heavy atom. The average molecular weight is 344 g/mol. The fraction of sp³-hybridized carbons (Fsp3) is 0.125. The number of nitrogens with zero attached hydrogens (tertiary/aromatic N) is 2. The summed E-state index contributed by atoms with van der Waals surface area (Å²) in [7, 11) is 2.72. The topological polar surface area (TPSA) is 129 Å². The number of nitro groups is 1. The first-order chi connectivity index (χ1) is 12.0. The zero-order chi connectivity index (χ0) is 18.4. The lowest BCUT2D eigenvalue weighted by molar-refractivity contribution is -0.385. The molecule has 0 aromatic heterocycles. The maximum Gasteiger partial charge on any atom is 0.311 e. The molecule has 0 atom stereocenters. The highest BCUT2D eigenvalue weighted by Crippen LogP contribution is 2.33. The summed E-state index contributed by atoms with van der Waals surface area (Å²) >= 11 is 0. The molecule has 0 heterocycles. The van der Waals surface area contributed by atoms with Gasteiger partial charge >= 0.3 is 5.69 Å². The number of methoxy groups -OCH3 is 2. The minimum absolute atomic E-state index is 0.0556. The van der Waals surface area contributed by atoms with Gasteiger partial charge in [0.05, 0.1) is 30.9 Å². The van der Waals surface area contributed by atoms with Crippen LogP contribution in [-0.2, 0) is 0 Å². The molecule has 0 radical (unpaired) electrons. The van der Waals surface area contributed by atoms with Crippen molar-refractivity contribution in [1.29, 1.82) is 0 Å². The SMILES string of the molecule is COc1cc(OC)c([N+](=O)[O-])cc1C=NNC(=O)c1ccccc1N. The number of hydrogen-bond donors (Lipinski definition) is 2. The number of carbonyl (C=O) groups excluding carboxylic acids is 1. The number of carbonyl (C=O) groups is 1. The van der Waals surface area contributed by atoms with Crippen LogP contribution in [0.1, 0.15) is 15.9 Å². The van der Waals surface area contributed by atoms with Crippen molar-refractivity contribution in [3.8, 4) is 11.5 Å². The van der Waals surface area contributed by atoms with Gasteiger partial charge in [-0.1, -0.05) is 12.1 Å². The van der Waals surface area contributed by atoms with Gasteiger partial charge in [0.2, 0.25) is 5.75 Å². The molecule has 0 aliphatic rings. The van der Waals surface area contributed by atoms with Crippen LogP contribution in [0.25, 0.3) is 0 Å². The Morgan fingerprint density at radius 2 is 1.92 bits per heavy atom. The van der Waals surface area contributed by atoms with Gasteiger partial charge in [0, 0.05) is 23.4 Å². The summed E-state index contributed by atoms with van der Waals surface area (Å²) in [5.74, 6) is -0.143. The molecule has 0 bridgehead atoms. The van der Waals surface area contributed by atoms with Crippen LogP contribution in [0, 0.1) is 10.1 Å². The van der Waals surface area contributed by atoms with Crippen LogP contribution in [-0.4, -0.2) is 31.3 Å². The van der Waals surface area contributed by atoms with E-state index in [-0.39, 0.29) is 17.0 Å². The molecule has 2 aromatic rings. The van der Waals surface area contributed by atoms with Gasteiger partial charge in [-0.15, -0.1) is 0 Å². The van der Waals surface area contributed by atoms with E-state index in [2.05, 4.69) is 10.5 Å². The molecular weight excluding hydrogens is 328 g/mol. The van der Waals surface area contributed by atoms with Crippen molar-refractivity contribution in [1.82, 2.24) is 5.43 Å². The molecule has 9 heteroatoms. The minimum atomic E-state index is -0.584. The van der Waals surface area contributed by atoms with Crippen LogP contribution in [0.3, 0.4) is 0 Å². The number of ether oxygens (including phenoxy) is 2. The lowest BCUT2D eigenvalue weighted by atomic mass is 10.1. The number of amides is 1. The van der Waals surface area contributed by atoms with Gasteiger partial charge < -0.3 is 15.2 Å². The molecule has 0 saturated heterocycles. The lowest BCUT2D eigenvalue weighted by Gasteiger charge is -2.08. The number of nitro benzene ring substituents is 1. The Morgan fingerprint density at radius 3 is 2.52 bits per heavy atom. The van der Waals surface area contributed by atoms with Gasteiger partial charge in [0.15, 0.2) is 0 Å². The molecule has 0 spiro atoms. The van der Waals surface area contributed by atoms with E-state index in [1.807, 2.05) is 0 Å². The smallest absolute Gasteiger partial charge is 0.311 e. The Bertz CT molecular complexity index is 835. The molecule has 25 heavy (non-hydrogen) atoms. The van der Waals surface area contributed by atoms with E-state index >= 15 is 0 Å². The van der Waals surface area contributed by atoms with Crippen molar-refractivity contribution in [2.45, 2.75) is 0 Å². The summed E-state index contributed by atoms with van der Waals surface area (Å²) in [5.41, 5.74) is 8.66. The predicted octanol–water partition coefficient (Wildman–Crippen LogP) is 1.96. The zero-order valence-electron chi connectivity index (χ0n) is 13.6. The van der Waals surface area contributed by atoms with Crippen LogP contribution in [0.15, 0.2) is 41.5 Å². The van der Waals surface area contributed by atoms with E-state index in [1.54, 1.807) is 24.3 Å². The van der Waals surface area contributed by atoms with Gasteiger partial charge in [-0.2, -0.15) is 5.10 Å². The number of anilines is 1. The fourth-order valence-electron chi connectivity index (χ4n) is 2.07. The van der Waals surface area contributed by atoms with Crippen molar-refractivity contribution in [3.05, 3.63) is 57.6 Å². The highest BCUT2D eigenvalue weighted by Gasteiger charge is 2.19. The largest absolute Gasteiger partial charge is 0.496 e. The second-order valence-electron chi connectivity index (χ2n) is 4.81. The fourth-order valence-corrected chi connectivity index (χ4v) is 2.07. The number of rotatable bonds is 6. The number of para-hydroxylation sites is 1. The normalized spacial score (nSPS) is 10.5. The van der Waals surface area contributed by atoms with E-state index < -0.39 is 10.8 Å². The summed E-state index contributed by atoms with van der Waals surface area (Å²) in [6, 6.07) is 9.13. The molecular formula is C16H16N4O5. The quantitative estimate of drug-likeness (QED) is 0.357. The molecule has 2 rings (SSSR count). The first-order valence-corrected chi connectivity index (χ1v) is 7.06. The Labute approximate surface area is 143 Å². The third-order valence-corrected chi connectivity index (χ3v) is 3.30. The minimum Gasteiger partial charge on any atom is -0.496 e. The standard InChI is InChI=1S/C16H16N4O5/c1-24-14-8-15(25-2)13(20(22)23)7-10(14)9-18-19-16(21)11-5-3-4-6-12(11)17/h3-9H,17H2,1-2H3,(H,19,21). The monoisotopic (exact) mass is 344 g/mol. The number of hydrazone groups is 1. The first-order valence-electron chi connectivity index (χ1n) is 7.06. The summed E-state index contributed by atoms with van der Waals surface area (Å²) in [6.45, 7) is 0. The zero-order valence-corrected chi connectivity index (χ0v) is 13.6. The van der Waals surface area contributed by atoms with Gasteiger partial charge in [-0.05, 0) is 12.1 Å². The van der Waals surface area contributed by atoms with Crippen molar-refractivity contribution in [2.24, 2.45) is 5.10 Å². The highest BCUT2D eigenvalue weighted by molar-refractivity contribution is 5.99. The van der Waals surface area contributed by atoms with Crippen LogP contribution < -0.4 is 20.6 Å². The van der Waals surface area contributed by atoms with Crippen LogP contribution >= 0.6 is 0 Å². The van der Waals surface area contributed by atoms with E-state index in [4.69, 9.17) is 15.2 Å². The summed E-state index contributed by atoms with van der Waals surface area (Å²) < 4.78 is 10.1. The van der Waals surface area contributed by atoms with Crippen molar-refractivity contribution >= 4 is 23.5 Å². The second kappa shape index (κ2) is 7.77. The Balaban J connectivity index is 2.25. The number of nitrogen functional groups attached to an aromatic ring is 1. The maximum atomic E-state index is 12.0. The average Bonchev–Trinajstić information content (AvgIpc) is 2.61. The molecule has 2 aromatic carbocycles. The molecule has 0 saturated carbocycles. The molecule has 0 unspecified atom stereocenters. The Kier molecular flexibility index (Phi) is 5.51. The third kappa shape index (κ3) is 4.02. The predicted molar refractivity (Wildman–Crippen MR) is 92.1 cm³/mol. The van der Waals surface area contributed by atoms with Gasteiger partial charge in [-0.3, -0.25) is 14.9 Å². The molecule has 130 valence electrons. The van der Waals surface area contributed by atoms with Crippen LogP contribution in [0.2, 0.25) is 0 Å². The number of nitrogens with two attached hydrogens (primary N) is 1. The van der Waals surface area contributed by atoms with Crippen LogP contribution in [0.5, 0.6) is 11.5 Å². The molecule has 0 fully saturated rings. The number of benzene rings is 2. The number of nitrogens with one attached hydrogen (secondary N) is 1. The molecule has 1 amide bonds. The summed E-state index contributed by atoms with van der Waals surface area (Å²) in [6.07, 6.45) is 1.24. The van der Waals surface area contributed by atoms with E-state index in [1.165, 1.54) is 32.6 Å². The van der Waals surface area contributed by atoms with Gasteiger partial charge in [0.1, 0.15) is 5.75 Å². The van der Waals surface area contributed by atoms with E-state index in [0.29, 0.717) is 17.0 Å². The lowest BCUT2D eigenvalue weighted by Crippen LogP contribution is -2.19. The molecule has 9 nitrogen and oxygen atoms in total. The highest BCUT2D eigenvalue weighted by atomic mass is 16.6. The van der Waals surface area contributed by atoms with E-state index in [9.17, 15) is 14.9 Å². The van der Waals surface area contributed by atoms with Gasteiger partial charge in [-0.25, -0.2) is 5.43 Å². The molecule has 0 aliphatic carbocycles. The van der Waals surface area contributed by atoms with Crippen molar-refractivity contribution < 1.29 is 19.2 Å². The molecule has 0 aliphatic heterocycles. The second-order valence-corrected chi connectivity index (χ2v) is 4.81. The number of hydrogen-bond acceptors (Lipinski definition) is 7. The van der Waals surface area contributed by atoms with Crippen molar-refractivity contribution in [2.75, 3.05) is 20.0 Å².